The molecule has 1 saturated carbocycles. The smallest absolute Gasteiger partial charge is 0.303 e. The van der Waals surface area contributed by atoms with Gasteiger partial charge in [0, 0.05) is 43.2 Å². The summed E-state index contributed by atoms with van der Waals surface area (Å²) >= 11 is 0. The number of hydrogen-bond donors (Lipinski definition) is 1. The van der Waals surface area contributed by atoms with Crippen molar-refractivity contribution in [2.45, 2.75) is 90.9 Å². The Balaban J connectivity index is 1.58. The van der Waals surface area contributed by atoms with Gasteiger partial charge in [-0.2, -0.15) is 0 Å². The maximum Gasteiger partial charge on any atom is 0.303 e. The second-order valence-electron chi connectivity index (χ2n) is 11.4. The lowest BCUT2D eigenvalue weighted by atomic mass is 9.87. The number of halogens is 1. The van der Waals surface area contributed by atoms with Crippen LogP contribution in [0.15, 0.2) is 33.3 Å². The van der Waals surface area contributed by atoms with E-state index < -0.39 is 11.9 Å². The molecule has 1 aliphatic carbocycles. The van der Waals surface area contributed by atoms with Crippen LogP contribution in [0.3, 0.4) is 0 Å². The number of carbonyl (C=O) groups excluding carboxylic acids is 1. The van der Waals surface area contributed by atoms with Crippen molar-refractivity contribution in [3.05, 3.63) is 58.2 Å². The molecule has 0 spiro atoms. The number of Topliss-reactive ketones (excluding diaryl/α,β-unsaturated/α-hetero) is 1. The van der Waals surface area contributed by atoms with E-state index >= 15 is 0 Å². The molecule has 0 unspecified atom stereocenters. The molecule has 1 aliphatic rings. The Labute approximate surface area is 216 Å². The summed E-state index contributed by atoms with van der Waals surface area (Å²) in [6.45, 7) is 8.30. The Bertz CT molecular complexity index is 1270. The molecule has 0 aliphatic heterocycles. The quantitative estimate of drug-likeness (QED) is 0.286. The minimum Gasteiger partial charge on any atom is -0.481 e. The average Bonchev–Trinajstić information content (AvgIpc) is 3.37. The van der Waals surface area contributed by atoms with E-state index in [4.69, 9.17) is 9.05 Å². The van der Waals surface area contributed by atoms with Gasteiger partial charge in [-0.15, -0.1) is 0 Å². The maximum atomic E-state index is 13.5. The van der Waals surface area contributed by atoms with Crippen molar-refractivity contribution in [2.75, 3.05) is 0 Å². The summed E-state index contributed by atoms with van der Waals surface area (Å²) in [6.07, 6.45) is 4.13. The molecule has 0 radical (unpaired) electrons. The van der Waals surface area contributed by atoms with E-state index in [2.05, 4.69) is 31.1 Å². The molecule has 1 fully saturated rings. The van der Waals surface area contributed by atoms with Gasteiger partial charge in [0.25, 0.3) is 0 Å². The van der Waals surface area contributed by atoms with Gasteiger partial charge in [0.2, 0.25) is 0 Å². The number of carboxylic acids is 1. The zero-order valence-electron chi connectivity index (χ0n) is 22.0. The number of aryl methyl sites for hydroxylation is 2. The van der Waals surface area contributed by atoms with Gasteiger partial charge in [-0.25, -0.2) is 4.39 Å². The molecule has 3 aromatic rings. The van der Waals surface area contributed by atoms with Crippen molar-refractivity contribution in [3.63, 3.8) is 0 Å². The topological polar surface area (TPSA) is 106 Å². The summed E-state index contributed by atoms with van der Waals surface area (Å²) in [6, 6.07) is 6.27. The van der Waals surface area contributed by atoms with E-state index in [0.29, 0.717) is 22.7 Å². The van der Waals surface area contributed by atoms with Crippen LogP contribution in [0.1, 0.15) is 99.3 Å². The number of benzene rings is 1. The first-order chi connectivity index (χ1) is 17.5. The highest BCUT2D eigenvalue weighted by Gasteiger charge is 2.37. The SMILES string of the molecule is Cc1cc(F)ccc1CC(=O)C[C@H](CCC(=O)O)c1noc(-c2cc(CCC(C)(C)C)on2)c1C1CC1. The highest BCUT2D eigenvalue weighted by Crippen LogP contribution is 2.48. The van der Waals surface area contributed by atoms with E-state index in [9.17, 15) is 19.1 Å². The average molecular weight is 511 g/mol. The molecule has 198 valence electrons. The summed E-state index contributed by atoms with van der Waals surface area (Å²) in [5, 5.41) is 17.9. The lowest BCUT2D eigenvalue weighted by Gasteiger charge is -2.16. The van der Waals surface area contributed by atoms with Gasteiger partial charge in [-0.05, 0) is 67.2 Å². The van der Waals surface area contributed by atoms with Crippen molar-refractivity contribution in [3.8, 4) is 11.5 Å². The molecule has 2 aromatic heterocycles. The highest BCUT2D eigenvalue weighted by molar-refractivity contribution is 5.82. The standard InChI is InChI=1S/C29H35FN2O5/c1-17-13-21(30)9-7-19(17)14-22(33)15-20(8-10-25(34)35)27-26(18-5-6-18)28(37-32-27)24-16-23(36-31-24)11-12-29(2,3)4/h7,9,13,16,18,20H,5-6,8,10-12,14-15H2,1-4H3,(H,34,35)/t20-/m0/s1. The van der Waals surface area contributed by atoms with Crippen LogP contribution >= 0.6 is 0 Å². The summed E-state index contributed by atoms with van der Waals surface area (Å²) in [5.41, 5.74) is 3.78. The second-order valence-corrected chi connectivity index (χ2v) is 11.4. The van der Waals surface area contributed by atoms with E-state index in [1.165, 1.54) is 12.1 Å². The molecule has 1 atom stereocenters. The van der Waals surface area contributed by atoms with Crippen LogP contribution in [-0.2, 0) is 22.4 Å². The molecule has 4 rings (SSSR count). The van der Waals surface area contributed by atoms with Gasteiger partial charge in [-0.1, -0.05) is 37.2 Å². The van der Waals surface area contributed by atoms with E-state index in [-0.39, 0.29) is 48.6 Å². The largest absolute Gasteiger partial charge is 0.481 e. The molecule has 1 N–H and O–H groups in total. The molecule has 7 nitrogen and oxygen atoms in total. The normalized spacial score (nSPS) is 14.6. The number of aromatic nitrogens is 2. The zero-order chi connectivity index (χ0) is 26.7. The number of carbonyl (C=O) groups is 2. The summed E-state index contributed by atoms with van der Waals surface area (Å²) in [7, 11) is 0. The van der Waals surface area contributed by atoms with Crippen LogP contribution in [0, 0.1) is 18.2 Å². The number of nitrogens with zero attached hydrogens (tertiary/aromatic N) is 2. The zero-order valence-corrected chi connectivity index (χ0v) is 22.0. The maximum absolute atomic E-state index is 13.5. The van der Waals surface area contributed by atoms with Crippen molar-refractivity contribution < 1.29 is 28.1 Å². The molecule has 1 aromatic carbocycles. The summed E-state index contributed by atoms with van der Waals surface area (Å²) in [4.78, 5) is 24.5. The molecule has 0 saturated heterocycles. The Hall–Kier alpha value is -3.29. The van der Waals surface area contributed by atoms with Gasteiger partial charge in [0.1, 0.15) is 17.4 Å². The molecule has 8 heteroatoms. The molecule has 37 heavy (non-hydrogen) atoms. The first-order valence-electron chi connectivity index (χ1n) is 12.9. The van der Waals surface area contributed by atoms with Gasteiger partial charge >= 0.3 is 5.97 Å². The fourth-order valence-corrected chi connectivity index (χ4v) is 4.64. The minimum absolute atomic E-state index is 0.0534. The number of ketones is 1. The first kappa shape index (κ1) is 26.8. The third-order valence-corrected chi connectivity index (χ3v) is 6.91. The van der Waals surface area contributed by atoms with Gasteiger partial charge < -0.3 is 14.2 Å². The van der Waals surface area contributed by atoms with Gasteiger partial charge in [0.05, 0.1) is 5.69 Å². The van der Waals surface area contributed by atoms with E-state index in [1.54, 1.807) is 13.0 Å². The monoisotopic (exact) mass is 510 g/mol. The second kappa shape index (κ2) is 11.0. The van der Waals surface area contributed by atoms with Crippen molar-refractivity contribution in [1.82, 2.24) is 10.3 Å². The number of carboxylic acid groups (broad SMARTS) is 1. The Kier molecular flexibility index (Phi) is 7.95. The Morgan fingerprint density at radius 2 is 1.92 bits per heavy atom. The molecular formula is C29H35FN2O5. The molecule has 2 heterocycles. The van der Waals surface area contributed by atoms with Crippen molar-refractivity contribution >= 4 is 11.8 Å². The fraction of sp³-hybridized carbons (Fsp3) is 0.517. The molecule has 0 amide bonds. The third kappa shape index (κ3) is 7.14. The third-order valence-electron chi connectivity index (χ3n) is 6.91. The van der Waals surface area contributed by atoms with Crippen LogP contribution in [-0.4, -0.2) is 27.2 Å². The predicted molar refractivity (Wildman–Crippen MR) is 136 cm³/mol. The molecular weight excluding hydrogens is 475 g/mol. The van der Waals surface area contributed by atoms with Gasteiger partial charge in [-0.3, -0.25) is 9.59 Å². The minimum atomic E-state index is -0.927. The predicted octanol–water partition coefficient (Wildman–Crippen LogP) is 6.78. The number of hydrogen-bond acceptors (Lipinski definition) is 6. The number of rotatable bonds is 12. The van der Waals surface area contributed by atoms with E-state index in [0.717, 1.165) is 42.6 Å². The first-order valence-corrected chi connectivity index (χ1v) is 12.9. The van der Waals surface area contributed by atoms with Crippen LogP contribution in [0.25, 0.3) is 11.5 Å². The van der Waals surface area contributed by atoms with Crippen LogP contribution in [0.4, 0.5) is 4.39 Å². The Morgan fingerprint density at radius 3 is 2.57 bits per heavy atom. The molecule has 0 bridgehead atoms. The van der Waals surface area contributed by atoms with Crippen molar-refractivity contribution in [1.29, 1.82) is 0 Å². The van der Waals surface area contributed by atoms with Crippen LogP contribution in [0.2, 0.25) is 0 Å². The van der Waals surface area contributed by atoms with E-state index in [1.807, 2.05) is 6.07 Å². The fourth-order valence-electron chi connectivity index (χ4n) is 4.64. The van der Waals surface area contributed by atoms with Crippen LogP contribution in [0.5, 0.6) is 0 Å². The Morgan fingerprint density at radius 1 is 1.16 bits per heavy atom. The number of aliphatic carboxylic acids is 1. The van der Waals surface area contributed by atoms with Crippen molar-refractivity contribution in [2.24, 2.45) is 5.41 Å². The lowest BCUT2D eigenvalue weighted by molar-refractivity contribution is -0.137. The van der Waals surface area contributed by atoms with Gasteiger partial charge in [0.15, 0.2) is 11.5 Å². The summed E-state index contributed by atoms with van der Waals surface area (Å²) in [5.74, 6) is -0.155. The highest BCUT2D eigenvalue weighted by atomic mass is 19.1. The lowest BCUT2D eigenvalue weighted by Crippen LogP contribution is -2.13. The van der Waals surface area contributed by atoms with Crippen LogP contribution < -0.4 is 0 Å². The summed E-state index contributed by atoms with van der Waals surface area (Å²) < 4.78 is 24.8.